The molecule has 1 aromatic carbocycles. The third kappa shape index (κ3) is 5.06. The average molecular weight is 480 g/mol. The highest BCUT2D eigenvalue weighted by atomic mass is 19.1. The van der Waals surface area contributed by atoms with Gasteiger partial charge in [0.05, 0.1) is 5.56 Å². The zero-order valence-electron chi connectivity index (χ0n) is 21.9. The quantitative estimate of drug-likeness (QED) is 0.517. The van der Waals surface area contributed by atoms with E-state index in [0.717, 1.165) is 41.9 Å². The molecule has 1 saturated carbocycles. The van der Waals surface area contributed by atoms with Crippen molar-refractivity contribution in [1.82, 2.24) is 19.6 Å². The Labute approximate surface area is 208 Å². The highest BCUT2D eigenvalue weighted by molar-refractivity contribution is 5.97. The molecule has 1 N–H and O–H groups in total. The fourth-order valence-electron chi connectivity index (χ4n) is 5.57. The molecule has 35 heavy (non-hydrogen) atoms. The smallest absolute Gasteiger partial charge is 0.251 e. The normalized spacial score (nSPS) is 18.3. The monoisotopic (exact) mass is 479 g/mol. The minimum Gasteiger partial charge on any atom is -0.369 e. The number of carbonyl (C=O) groups is 1. The molecular weight excluding hydrogens is 441 g/mol. The molecule has 7 heteroatoms. The molecule has 1 aliphatic rings. The molecule has 0 unspecified atom stereocenters. The molecule has 0 atom stereocenters. The molecule has 1 aliphatic carbocycles. The van der Waals surface area contributed by atoms with Gasteiger partial charge >= 0.3 is 0 Å². The lowest BCUT2D eigenvalue weighted by molar-refractivity contribution is 0.0950. The van der Waals surface area contributed by atoms with Crippen molar-refractivity contribution < 1.29 is 9.18 Å². The van der Waals surface area contributed by atoms with Crippen molar-refractivity contribution >= 4 is 17.2 Å². The zero-order chi connectivity index (χ0) is 25.3. The summed E-state index contributed by atoms with van der Waals surface area (Å²) in [4.78, 5) is 22.4. The Morgan fingerprint density at radius 3 is 2.46 bits per heavy atom. The molecule has 2 aromatic heterocycles. The maximum atomic E-state index is 14.7. The van der Waals surface area contributed by atoms with E-state index >= 15 is 0 Å². The second-order valence-electron chi connectivity index (χ2n) is 10.1. The lowest BCUT2D eigenvalue weighted by atomic mass is 9.88. The Morgan fingerprint density at radius 1 is 1.11 bits per heavy atom. The summed E-state index contributed by atoms with van der Waals surface area (Å²) in [5, 5.41) is 2.95. The van der Waals surface area contributed by atoms with E-state index in [1.54, 1.807) is 12.4 Å². The lowest BCUT2D eigenvalue weighted by Gasteiger charge is -2.40. The van der Waals surface area contributed by atoms with Crippen LogP contribution >= 0.6 is 0 Å². The van der Waals surface area contributed by atoms with Gasteiger partial charge in [0.2, 0.25) is 0 Å². The van der Waals surface area contributed by atoms with Gasteiger partial charge in [-0.25, -0.2) is 9.37 Å². The van der Waals surface area contributed by atoms with Gasteiger partial charge in [-0.2, -0.15) is 0 Å². The zero-order valence-corrected chi connectivity index (χ0v) is 21.9. The summed E-state index contributed by atoms with van der Waals surface area (Å²) >= 11 is 0. The summed E-state index contributed by atoms with van der Waals surface area (Å²) in [7, 11) is 4.33. The molecule has 4 rings (SSSR count). The van der Waals surface area contributed by atoms with E-state index in [2.05, 4.69) is 47.2 Å². The summed E-state index contributed by atoms with van der Waals surface area (Å²) in [5.41, 5.74) is 5.49. The van der Waals surface area contributed by atoms with Gasteiger partial charge in [-0.05, 0) is 96.8 Å². The minimum absolute atomic E-state index is 0.0835. The number of amides is 1. The summed E-state index contributed by atoms with van der Waals surface area (Å²) in [6.07, 6.45) is 8.14. The van der Waals surface area contributed by atoms with E-state index in [0.29, 0.717) is 28.9 Å². The first-order chi connectivity index (χ1) is 16.7. The molecule has 1 amide bonds. The second kappa shape index (κ2) is 10.4. The molecule has 3 aromatic rings. The van der Waals surface area contributed by atoms with Crippen LogP contribution in [0, 0.1) is 26.6 Å². The number of halogens is 1. The van der Waals surface area contributed by atoms with Crippen LogP contribution in [0.25, 0.3) is 5.65 Å². The Bertz CT molecular complexity index is 1210. The van der Waals surface area contributed by atoms with Gasteiger partial charge < -0.3 is 19.5 Å². The predicted octanol–water partition coefficient (Wildman–Crippen LogP) is 5.03. The van der Waals surface area contributed by atoms with E-state index in [-0.39, 0.29) is 18.3 Å². The van der Waals surface area contributed by atoms with E-state index in [4.69, 9.17) is 0 Å². The van der Waals surface area contributed by atoms with Gasteiger partial charge in [-0.15, -0.1) is 0 Å². The highest BCUT2D eigenvalue weighted by Crippen LogP contribution is 2.33. The molecule has 2 heterocycles. The van der Waals surface area contributed by atoms with E-state index in [9.17, 15) is 9.18 Å². The number of fused-ring (bicyclic) bond motifs is 1. The number of benzene rings is 1. The van der Waals surface area contributed by atoms with Gasteiger partial charge in [0.15, 0.2) is 0 Å². The molecule has 188 valence electrons. The van der Waals surface area contributed by atoms with Crippen LogP contribution in [0.3, 0.4) is 0 Å². The van der Waals surface area contributed by atoms with Gasteiger partial charge in [0, 0.05) is 54.5 Å². The third-order valence-electron chi connectivity index (χ3n) is 7.60. The number of imidazole rings is 1. The van der Waals surface area contributed by atoms with Crippen LogP contribution in [0.5, 0.6) is 0 Å². The van der Waals surface area contributed by atoms with E-state index in [1.807, 2.05) is 31.2 Å². The lowest BCUT2D eigenvalue weighted by Crippen LogP contribution is -2.42. The Kier molecular flexibility index (Phi) is 7.45. The number of pyridine rings is 1. The van der Waals surface area contributed by atoms with Crippen molar-refractivity contribution in [3.63, 3.8) is 0 Å². The standard InChI is InChI=1S/C28H38FN5O/c1-7-33(22-10-8-21(9-11-22)32(5)6)26-15-18(2)14-23(20(26)4)28(35)31-17-24-25(29)16-19(3)34-13-12-30-27(24)34/h12-16,21-22H,7-11,17H2,1-6H3,(H,31,35). The molecule has 0 bridgehead atoms. The fraction of sp³-hybridized carbons (Fsp3) is 0.500. The molecule has 1 fully saturated rings. The van der Waals surface area contributed by atoms with Crippen molar-refractivity contribution in [3.05, 3.63) is 64.4 Å². The number of nitrogens with zero attached hydrogens (tertiary/aromatic N) is 4. The number of aromatic nitrogens is 2. The number of aryl methyl sites for hydroxylation is 2. The minimum atomic E-state index is -0.353. The second-order valence-corrected chi connectivity index (χ2v) is 10.1. The van der Waals surface area contributed by atoms with Crippen LogP contribution in [0.1, 0.15) is 65.3 Å². The Morgan fingerprint density at radius 2 is 1.80 bits per heavy atom. The summed E-state index contributed by atoms with van der Waals surface area (Å²) in [6, 6.07) is 6.73. The molecule has 6 nitrogen and oxygen atoms in total. The molecule has 0 spiro atoms. The summed E-state index contributed by atoms with van der Waals surface area (Å²) in [5.74, 6) is -0.543. The van der Waals surface area contributed by atoms with Crippen LogP contribution in [0.15, 0.2) is 30.6 Å². The van der Waals surface area contributed by atoms with E-state index in [1.165, 1.54) is 18.9 Å². The number of hydrogen-bond donors (Lipinski definition) is 1. The topological polar surface area (TPSA) is 52.9 Å². The number of rotatable bonds is 7. The molecule has 0 saturated heterocycles. The maximum Gasteiger partial charge on any atom is 0.251 e. The van der Waals surface area contributed by atoms with Crippen LogP contribution < -0.4 is 10.2 Å². The average Bonchev–Trinajstić information content (AvgIpc) is 3.32. The maximum absolute atomic E-state index is 14.7. The molecular formula is C28H38FN5O. The first-order valence-electron chi connectivity index (χ1n) is 12.6. The molecule has 0 aliphatic heterocycles. The Balaban J connectivity index is 1.56. The largest absolute Gasteiger partial charge is 0.369 e. The van der Waals surface area contributed by atoms with Gasteiger partial charge in [0.25, 0.3) is 5.91 Å². The van der Waals surface area contributed by atoms with Crippen molar-refractivity contribution in [2.45, 2.75) is 72.0 Å². The SMILES string of the molecule is CCN(c1cc(C)cc(C(=O)NCc2c(F)cc(C)n3ccnc23)c1C)C1CCC(N(C)C)CC1. The fourth-order valence-corrected chi connectivity index (χ4v) is 5.57. The number of nitrogens with one attached hydrogen (secondary N) is 1. The predicted molar refractivity (Wildman–Crippen MR) is 140 cm³/mol. The number of hydrogen-bond acceptors (Lipinski definition) is 4. The van der Waals surface area contributed by atoms with Crippen LogP contribution in [-0.2, 0) is 6.54 Å². The van der Waals surface area contributed by atoms with Crippen LogP contribution in [0.2, 0.25) is 0 Å². The van der Waals surface area contributed by atoms with Gasteiger partial charge in [-0.3, -0.25) is 4.79 Å². The third-order valence-corrected chi connectivity index (χ3v) is 7.60. The van der Waals surface area contributed by atoms with Gasteiger partial charge in [-0.1, -0.05) is 0 Å². The highest BCUT2D eigenvalue weighted by Gasteiger charge is 2.28. The number of anilines is 1. The van der Waals surface area contributed by atoms with Crippen LogP contribution in [-0.4, -0.2) is 52.9 Å². The first-order valence-corrected chi connectivity index (χ1v) is 12.6. The Hall–Kier alpha value is -2.93. The van der Waals surface area contributed by atoms with Crippen molar-refractivity contribution in [3.8, 4) is 0 Å². The first kappa shape index (κ1) is 25.2. The van der Waals surface area contributed by atoms with Crippen molar-refractivity contribution in [1.29, 1.82) is 0 Å². The summed E-state index contributed by atoms with van der Waals surface area (Å²) < 4.78 is 16.6. The van der Waals surface area contributed by atoms with Gasteiger partial charge in [0.1, 0.15) is 11.5 Å². The summed E-state index contributed by atoms with van der Waals surface area (Å²) in [6.45, 7) is 9.07. The van der Waals surface area contributed by atoms with E-state index < -0.39 is 0 Å². The van der Waals surface area contributed by atoms with Crippen molar-refractivity contribution in [2.24, 2.45) is 0 Å². The number of carbonyl (C=O) groups excluding carboxylic acids is 1. The molecule has 0 radical (unpaired) electrons. The van der Waals surface area contributed by atoms with Crippen LogP contribution in [0.4, 0.5) is 10.1 Å². The van der Waals surface area contributed by atoms with Crippen molar-refractivity contribution in [2.75, 3.05) is 25.5 Å².